The first-order chi connectivity index (χ1) is 10.5. The van der Waals surface area contributed by atoms with Gasteiger partial charge < -0.3 is 14.7 Å². The smallest absolute Gasteiger partial charge is 0.323 e. The Labute approximate surface area is 134 Å². The summed E-state index contributed by atoms with van der Waals surface area (Å²) in [6, 6.07) is 0. The van der Waals surface area contributed by atoms with Crippen molar-refractivity contribution < 1.29 is 19.4 Å². The number of carbonyl (C=O) groups excluding carboxylic acids is 1. The van der Waals surface area contributed by atoms with Crippen LogP contribution in [0.1, 0.15) is 52.0 Å². The van der Waals surface area contributed by atoms with Crippen molar-refractivity contribution in [2.75, 3.05) is 26.8 Å². The third-order valence-electron chi connectivity index (χ3n) is 3.89. The van der Waals surface area contributed by atoms with Crippen LogP contribution < -0.4 is 0 Å². The molecule has 7 heteroatoms. The van der Waals surface area contributed by atoms with Crippen LogP contribution in [0.3, 0.4) is 0 Å². The number of methoxy groups -OCH3 is 1. The first-order valence-corrected chi connectivity index (χ1v) is 8.32. The molecular weight excluding hydrogens is 304 g/mol. The molecule has 0 radical (unpaired) electrons. The number of hydrogen-bond acceptors (Lipinski definition) is 5. The van der Waals surface area contributed by atoms with Gasteiger partial charge in [0.05, 0.1) is 17.3 Å². The van der Waals surface area contributed by atoms with E-state index in [2.05, 4.69) is 4.98 Å². The summed E-state index contributed by atoms with van der Waals surface area (Å²) in [5.74, 6) is -0.835. The van der Waals surface area contributed by atoms with Crippen LogP contribution in [0.4, 0.5) is 0 Å². The van der Waals surface area contributed by atoms with Crippen LogP contribution in [0.2, 0.25) is 0 Å². The molecule has 0 atom stereocenters. The summed E-state index contributed by atoms with van der Waals surface area (Å²) >= 11 is 1.42. The lowest BCUT2D eigenvalue weighted by Gasteiger charge is -2.19. The Hall–Kier alpha value is -1.47. The van der Waals surface area contributed by atoms with Gasteiger partial charge in [0.2, 0.25) is 0 Å². The second kappa shape index (κ2) is 7.69. The van der Waals surface area contributed by atoms with Crippen molar-refractivity contribution in [3.05, 3.63) is 15.6 Å². The topological polar surface area (TPSA) is 79.7 Å². The summed E-state index contributed by atoms with van der Waals surface area (Å²) in [5.41, 5.74) is 0.699. The van der Waals surface area contributed by atoms with Crippen LogP contribution in [0, 0.1) is 6.92 Å². The van der Waals surface area contributed by atoms with E-state index in [-0.39, 0.29) is 19.0 Å². The monoisotopic (exact) mass is 326 g/mol. The molecule has 6 nitrogen and oxygen atoms in total. The normalized spacial score (nSPS) is 15.2. The van der Waals surface area contributed by atoms with Gasteiger partial charge in [0.15, 0.2) is 0 Å². The van der Waals surface area contributed by atoms with E-state index in [0.717, 1.165) is 17.8 Å². The largest absolute Gasteiger partial charge is 0.480 e. The fourth-order valence-electron chi connectivity index (χ4n) is 2.72. The van der Waals surface area contributed by atoms with Gasteiger partial charge in [-0.2, -0.15) is 0 Å². The number of amides is 1. The Kier molecular flexibility index (Phi) is 5.90. The minimum atomic E-state index is -1.03. The second-order valence-corrected chi connectivity index (χ2v) is 6.59. The number of aromatic nitrogens is 1. The van der Waals surface area contributed by atoms with Gasteiger partial charge in [0.1, 0.15) is 11.4 Å². The van der Waals surface area contributed by atoms with Gasteiger partial charge in [-0.05, 0) is 19.8 Å². The number of carboxylic acids is 1. The minimum absolute atomic E-state index is 0.262. The maximum Gasteiger partial charge on any atom is 0.323 e. The number of aliphatic carboxylic acids is 1. The SMILES string of the molecule is COCCN(CC(=O)O)C(=O)c1sc(C2CCCC2)nc1C. The number of thiazole rings is 1. The lowest BCUT2D eigenvalue weighted by atomic mass is 10.1. The summed E-state index contributed by atoms with van der Waals surface area (Å²) in [5, 5.41) is 9.99. The third-order valence-corrected chi connectivity index (χ3v) is 5.20. The molecule has 0 aliphatic heterocycles. The van der Waals surface area contributed by atoms with Crippen LogP contribution in [-0.4, -0.2) is 53.7 Å². The zero-order valence-corrected chi connectivity index (χ0v) is 13.8. The summed E-state index contributed by atoms with van der Waals surface area (Å²) in [7, 11) is 1.53. The van der Waals surface area contributed by atoms with E-state index >= 15 is 0 Å². The predicted molar refractivity (Wildman–Crippen MR) is 83.5 cm³/mol. The van der Waals surface area contributed by atoms with Gasteiger partial charge in [-0.3, -0.25) is 9.59 Å². The van der Waals surface area contributed by atoms with E-state index in [0.29, 0.717) is 23.1 Å². The van der Waals surface area contributed by atoms with E-state index in [1.807, 2.05) is 6.92 Å². The Morgan fingerprint density at radius 2 is 2.09 bits per heavy atom. The first-order valence-electron chi connectivity index (χ1n) is 7.50. The zero-order valence-electron chi connectivity index (χ0n) is 13.0. The molecule has 1 heterocycles. The number of nitrogens with zero attached hydrogens (tertiary/aromatic N) is 2. The Morgan fingerprint density at radius 3 is 2.68 bits per heavy atom. The predicted octanol–water partition coefficient (Wildman–Crippen LogP) is 2.28. The Morgan fingerprint density at radius 1 is 1.41 bits per heavy atom. The van der Waals surface area contributed by atoms with Crippen molar-refractivity contribution in [1.29, 1.82) is 0 Å². The van der Waals surface area contributed by atoms with Gasteiger partial charge in [0.25, 0.3) is 5.91 Å². The van der Waals surface area contributed by atoms with E-state index in [9.17, 15) is 9.59 Å². The summed E-state index contributed by atoms with van der Waals surface area (Å²) in [6.45, 7) is 2.07. The standard InChI is InChI=1S/C15H22N2O4S/c1-10-13(22-14(16-10)11-5-3-4-6-11)15(20)17(7-8-21-2)9-12(18)19/h11H,3-9H2,1-2H3,(H,18,19). The quantitative estimate of drug-likeness (QED) is 0.831. The zero-order chi connectivity index (χ0) is 16.1. The van der Waals surface area contributed by atoms with Crippen LogP contribution in [-0.2, 0) is 9.53 Å². The molecule has 0 aromatic carbocycles. The highest BCUT2D eigenvalue weighted by Gasteiger charge is 2.26. The molecule has 1 aliphatic carbocycles. The molecule has 0 spiro atoms. The highest BCUT2D eigenvalue weighted by atomic mass is 32.1. The van der Waals surface area contributed by atoms with Crippen LogP contribution >= 0.6 is 11.3 Å². The molecule has 1 amide bonds. The Balaban J connectivity index is 2.16. The van der Waals surface area contributed by atoms with Gasteiger partial charge in [-0.1, -0.05) is 12.8 Å². The number of carbonyl (C=O) groups is 2. The number of aryl methyl sites for hydroxylation is 1. The number of hydrogen-bond donors (Lipinski definition) is 1. The lowest BCUT2D eigenvalue weighted by Crippen LogP contribution is -2.37. The van der Waals surface area contributed by atoms with Crippen molar-refractivity contribution in [3.63, 3.8) is 0 Å². The third kappa shape index (κ3) is 4.04. The van der Waals surface area contributed by atoms with E-state index in [4.69, 9.17) is 9.84 Å². The maximum atomic E-state index is 12.6. The molecule has 22 heavy (non-hydrogen) atoms. The van der Waals surface area contributed by atoms with Crippen LogP contribution in [0.25, 0.3) is 0 Å². The van der Waals surface area contributed by atoms with Crippen LogP contribution in [0.5, 0.6) is 0 Å². The van der Waals surface area contributed by atoms with Crippen molar-refractivity contribution in [2.45, 2.75) is 38.5 Å². The minimum Gasteiger partial charge on any atom is -0.480 e. The number of carboxylic acid groups (broad SMARTS) is 1. The van der Waals surface area contributed by atoms with Crippen molar-refractivity contribution >= 4 is 23.2 Å². The summed E-state index contributed by atoms with van der Waals surface area (Å²) in [6.07, 6.45) is 4.68. The summed E-state index contributed by atoms with van der Waals surface area (Å²) < 4.78 is 4.96. The highest BCUT2D eigenvalue weighted by Crippen LogP contribution is 2.37. The molecule has 1 saturated carbocycles. The number of rotatable bonds is 7. The molecule has 0 bridgehead atoms. The van der Waals surface area contributed by atoms with E-state index in [1.165, 1.54) is 36.2 Å². The van der Waals surface area contributed by atoms with Gasteiger partial charge in [-0.25, -0.2) is 4.98 Å². The lowest BCUT2D eigenvalue weighted by molar-refractivity contribution is -0.137. The van der Waals surface area contributed by atoms with Crippen molar-refractivity contribution in [3.8, 4) is 0 Å². The molecule has 2 rings (SSSR count). The second-order valence-electron chi connectivity index (χ2n) is 5.56. The van der Waals surface area contributed by atoms with Gasteiger partial charge >= 0.3 is 5.97 Å². The van der Waals surface area contributed by atoms with E-state index < -0.39 is 5.97 Å². The molecule has 1 aliphatic rings. The maximum absolute atomic E-state index is 12.6. The van der Waals surface area contributed by atoms with E-state index in [1.54, 1.807) is 0 Å². The molecular formula is C15H22N2O4S. The fourth-order valence-corrected chi connectivity index (χ4v) is 3.93. The molecule has 0 saturated heterocycles. The number of ether oxygens (including phenoxy) is 1. The molecule has 1 aromatic heterocycles. The molecule has 1 aromatic rings. The highest BCUT2D eigenvalue weighted by molar-refractivity contribution is 7.13. The van der Waals surface area contributed by atoms with Gasteiger partial charge in [0, 0.05) is 19.6 Å². The van der Waals surface area contributed by atoms with Crippen molar-refractivity contribution in [1.82, 2.24) is 9.88 Å². The van der Waals surface area contributed by atoms with Crippen LogP contribution in [0.15, 0.2) is 0 Å². The Bertz CT molecular complexity index is 538. The van der Waals surface area contributed by atoms with Gasteiger partial charge in [-0.15, -0.1) is 11.3 Å². The molecule has 122 valence electrons. The summed E-state index contributed by atoms with van der Waals surface area (Å²) in [4.78, 5) is 30.0. The first kappa shape index (κ1) is 16.9. The molecule has 1 fully saturated rings. The average molecular weight is 326 g/mol. The van der Waals surface area contributed by atoms with Crippen molar-refractivity contribution in [2.24, 2.45) is 0 Å². The molecule has 0 unspecified atom stereocenters. The molecule has 1 N–H and O–H groups in total. The fraction of sp³-hybridized carbons (Fsp3) is 0.667. The average Bonchev–Trinajstić information content (AvgIpc) is 3.11.